The third-order valence-corrected chi connectivity index (χ3v) is 3.78. The first-order valence-electron chi connectivity index (χ1n) is 5.59. The molecular weight excluding hydrogens is 214 g/mol. The maximum Gasteiger partial charge on any atom is 0.280 e. The van der Waals surface area contributed by atoms with Crippen LogP contribution in [0.2, 0.25) is 0 Å². The summed E-state index contributed by atoms with van der Waals surface area (Å²) >= 11 is 0. The molecule has 15 heavy (non-hydrogen) atoms. The standard InChI is InChI=1S/C7H14.C3H9NO3S/c1-7-5-3-2-4-6-7;1-2-3(4)8(5,6)7/h7H,2-6H2,1H3;3H,2,4H2,1H3,(H,5,6,7). The molecule has 5 heteroatoms. The normalized spacial score (nSPS) is 20.3. The van der Waals surface area contributed by atoms with Gasteiger partial charge in [-0.05, 0) is 12.3 Å². The summed E-state index contributed by atoms with van der Waals surface area (Å²) in [6.45, 7) is 3.94. The lowest BCUT2D eigenvalue weighted by Crippen LogP contribution is -2.28. The van der Waals surface area contributed by atoms with Crippen molar-refractivity contribution in [3.8, 4) is 0 Å². The van der Waals surface area contributed by atoms with E-state index >= 15 is 0 Å². The molecule has 92 valence electrons. The minimum Gasteiger partial charge on any atom is -0.313 e. The highest BCUT2D eigenvalue weighted by Crippen LogP contribution is 2.22. The van der Waals surface area contributed by atoms with Gasteiger partial charge in [0.05, 0.1) is 0 Å². The Morgan fingerprint density at radius 1 is 1.33 bits per heavy atom. The minimum atomic E-state index is -3.98. The van der Waals surface area contributed by atoms with E-state index in [1.807, 2.05) is 0 Å². The lowest BCUT2D eigenvalue weighted by Gasteiger charge is -2.15. The van der Waals surface area contributed by atoms with E-state index in [4.69, 9.17) is 10.3 Å². The Labute approximate surface area is 93.0 Å². The second-order valence-electron chi connectivity index (χ2n) is 4.20. The summed E-state index contributed by atoms with van der Waals surface area (Å²) in [6, 6.07) is 0. The summed E-state index contributed by atoms with van der Waals surface area (Å²) in [5.74, 6) is 1.04. The molecule has 1 unspecified atom stereocenters. The van der Waals surface area contributed by atoms with Gasteiger partial charge in [0.1, 0.15) is 5.37 Å². The van der Waals surface area contributed by atoms with Gasteiger partial charge in [0.15, 0.2) is 0 Å². The van der Waals surface area contributed by atoms with Crippen molar-refractivity contribution in [3.63, 3.8) is 0 Å². The molecule has 0 amide bonds. The fourth-order valence-corrected chi connectivity index (χ4v) is 1.94. The SMILES string of the molecule is CC1CCCCC1.CCC(N)S(=O)(=O)O. The Bertz CT molecular complexity index is 245. The molecule has 1 atom stereocenters. The number of nitrogens with two attached hydrogens (primary N) is 1. The molecule has 0 saturated heterocycles. The second kappa shape index (κ2) is 7.19. The number of hydrogen-bond donors (Lipinski definition) is 2. The predicted octanol–water partition coefficient (Wildman–Crippen LogP) is 2.16. The maximum absolute atomic E-state index is 9.99. The van der Waals surface area contributed by atoms with Gasteiger partial charge < -0.3 is 5.73 Å². The summed E-state index contributed by atoms with van der Waals surface area (Å²) in [7, 11) is -3.98. The molecule has 1 fully saturated rings. The van der Waals surface area contributed by atoms with Gasteiger partial charge in [-0.2, -0.15) is 8.42 Å². The van der Waals surface area contributed by atoms with E-state index in [2.05, 4.69) is 6.92 Å². The molecule has 1 aliphatic rings. The molecule has 0 heterocycles. The van der Waals surface area contributed by atoms with Crippen LogP contribution >= 0.6 is 0 Å². The molecule has 0 aliphatic heterocycles. The van der Waals surface area contributed by atoms with E-state index in [-0.39, 0.29) is 6.42 Å². The molecule has 0 bridgehead atoms. The molecule has 4 nitrogen and oxygen atoms in total. The molecule has 0 aromatic carbocycles. The molecule has 0 radical (unpaired) electrons. The van der Waals surface area contributed by atoms with Crippen LogP contribution in [0, 0.1) is 5.92 Å². The lowest BCUT2D eigenvalue weighted by molar-refractivity contribution is 0.385. The maximum atomic E-state index is 9.99. The first-order chi connectivity index (χ1) is 6.88. The third kappa shape index (κ3) is 7.76. The summed E-state index contributed by atoms with van der Waals surface area (Å²) in [4.78, 5) is 0. The Balaban J connectivity index is 0.000000262. The van der Waals surface area contributed by atoms with Crippen molar-refractivity contribution in [1.29, 1.82) is 0 Å². The molecule has 0 aromatic rings. The smallest absolute Gasteiger partial charge is 0.280 e. The first-order valence-corrected chi connectivity index (χ1v) is 7.10. The van der Waals surface area contributed by atoms with Crippen LogP contribution in [0.25, 0.3) is 0 Å². The van der Waals surface area contributed by atoms with Crippen molar-refractivity contribution in [2.24, 2.45) is 11.7 Å². The topological polar surface area (TPSA) is 80.4 Å². The van der Waals surface area contributed by atoms with Gasteiger partial charge in [-0.25, -0.2) is 0 Å². The highest BCUT2D eigenvalue weighted by atomic mass is 32.2. The van der Waals surface area contributed by atoms with Crippen molar-refractivity contribution in [2.45, 2.75) is 57.7 Å². The van der Waals surface area contributed by atoms with E-state index in [0.717, 1.165) is 5.92 Å². The molecule has 1 saturated carbocycles. The second-order valence-corrected chi connectivity index (χ2v) is 5.84. The fourth-order valence-electron chi connectivity index (χ4n) is 1.52. The summed E-state index contributed by atoms with van der Waals surface area (Å²) < 4.78 is 28.1. The van der Waals surface area contributed by atoms with Crippen molar-refractivity contribution < 1.29 is 13.0 Å². The largest absolute Gasteiger partial charge is 0.313 e. The van der Waals surface area contributed by atoms with Crippen LogP contribution in [-0.4, -0.2) is 18.3 Å². The Morgan fingerprint density at radius 3 is 1.93 bits per heavy atom. The highest BCUT2D eigenvalue weighted by molar-refractivity contribution is 7.86. The van der Waals surface area contributed by atoms with Crippen LogP contribution < -0.4 is 5.73 Å². The van der Waals surface area contributed by atoms with Gasteiger partial charge in [0.25, 0.3) is 10.1 Å². The summed E-state index contributed by atoms with van der Waals surface area (Å²) in [5, 5.41) is -1.12. The average Bonchev–Trinajstić information content (AvgIpc) is 2.17. The summed E-state index contributed by atoms with van der Waals surface area (Å²) in [5.41, 5.74) is 4.91. The molecule has 1 rings (SSSR count). The van der Waals surface area contributed by atoms with Crippen molar-refractivity contribution in [1.82, 2.24) is 0 Å². The van der Waals surface area contributed by atoms with Crippen LogP contribution in [0.1, 0.15) is 52.4 Å². The van der Waals surface area contributed by atoms with E-state index in [9.17, 15) is 8.42 Å². The monoisotopic (exact) mass is 237 g/mol. The van der Waals surface area contributed by atoms with E-state index < -0.39 is 15.5 Å². The van der Waals surface area contributed by atoms with E-state index in [1.165, 1.54) is 32.1 Å². The van der Waals surface area contributed by atoms with Gasteiger partial charge in [-0.15, -0.1) is 0 Å². The summed E-state index contributed by atoms with van der Waals surface area (Å²) in [6.07, 6.45) is 7.67. The molecule has 0 spiro atoms. The van der Waals surface area contributed by atoms with E-state index in [1.54, 1.807) is 6.92 Å². The Kier molecular flexibility index (Phi) is 7.13. The average molecular weight is 237 g/mol. The van der Waals surface area contributed by atoms with Crippen molar-refractivity contribution in [2.75, 3.05) is 0 Å². The minimum absolute atomic E-state index is 0.235. The molecular formula is C10H23NO3S. The van der Waals surface area contributed by atoms with Gasteiger partial charge in [-0.1, -0.05) is 46.0 Å². The zero-order valence-electron chi connectivity index (χ0n) is 9.65. The van der Waals surface area contributed by atoms with Gasteiger partial charge in [-0.3, -0.25) is 4.55 Å². The van der Waals surface area contributed by atoms with Crippen LogP contribution in [0.3, 0.4) is 0 Å². The molecule has 3 N–H and O–H groups in total. The Morgan fingerprint density at radius 2 is 1.80 bits per heavy atom. The van der Waals surface area contributed by atoms with E-state index in [0.29, 0.717) is 0 Å². The molecule has 0 aromatic heterocycles. The first kappa shape index (κ1) is 14.9. The van der Waals surface area contributed by atoms with Crippen molar-refractivity contribution in [3.05, 3.63) is 0 Å². The lowest BCUT2D eigenvalue weighted by atomic mass is 9.91. The van der Waals surface area contributed by atoms with Crippen LogP contribution in [0.5, 0.6) is 0 Å². The zero-order valence-corrected chi connectivity index (χ0v) is 10.5. The predicted molar refractivity (Wildman–Crippen MR) is 62.1 cm³/mol. The number of hydrogen-bond acceptors (Lipinski definition) is 3. The Hall–Kier alpha value is -0.130. The van der Waals surface area contributed by atoms with Crippen LogP contribution in [0.4, 0.5) is 0 Å². The zero-order chi connectivity index (χ0) is 11.9. The number of rotatable bonds is 2. The van der Waals surface area contributed by atoms with Gasteiger partial charge in [0.2, 0.25) is 0 Å². The van der Waals surface area contributed by atoms with Gasteiger partial charge in [0, 0.05) is 0 Å². The van der Waals surface area contributed by atoms with Crippen molar-refractivity contribution >= 4 is 10.1 Å². The highest BCUT2D eigenvalue weighted by Gasteiger charge is 2.13. The molecule has 1 aliphatic carbocycles. The fraction of sp³-hybridized carbons (Fsp3) is 1.00. The third-order valence-electron chi connectivity index (χ3n) is 2.68. The van der Waals surface area contributed by atoms with Crippen LogP contribution in [0.15, 0.2) is 0 Å². The van der Waals surface area contributed by atoms with Crippen LogP contribution in [-0.2, 0) is 10.1 Å². The van der Waals surface area contributed by atoms with Gasteiger partial charge >= 0.3 is 0 Å². The quantitative estimate of drug-likeness (QED) is 0.721.